The Hall–Kier alpha value is -2.19. The molecule has 0 spiro atoms. The van der Waals surface area contributed by atoms with Gasteiger partial charge in [0, 0.05) is 22.8 Å². The minimum atomic E-state index is -0.0336. The number of nitrogens with one attached hydrogen (secondary N) is 2. The summed E-state index contributed by atoms with van der Waals surface area (Å²) in [6, 6.07) is 7.66. The van der Waals surface area contributed by atoms with Crippen molar-refractivity contribution in [3.8, 4) is 11.4 Å². The molecule has 8 heteroatoms. The van der Waals surface area contributed by atoms with Gasteiger partial charge in [-0.05, 0) is 23.6 Å². The third kappa shape index (κ3) is 3.92. The summed E-state index contributed by atoms with van der Waals surface area (Å²) >= 11 is 2.93. The van der Waals surface area contributed by atoms with E-state index in [-0.39, 0.29) is 5.91 Å². The predicted molar refractivity (Wildman–Crippen MR) is 86.5 cm³/mol. The van der Waals surface area contributed by atoms with Crippen LogP contribution < -0.4 is 5.32 Å². The number of thiophene rings is 1. The maximum atomic E-state index is 11.8. The molecule has 0 saturated heterocycles. The second-order valence-corrected chi connectivity index (χ2v) is 6.32. The number of rotatable bonds is 6. The molecule has 0 saturated carbocycles. The van der Waals surface area contributed by atoms with Gasteiger partial charge in [0.1, 0.15) is 0 Å². The van der Waals surface area contributed by atoms with Crippen LogP contribution in [-0.4, -0.2) is 31.8 Å². The van der Waals surface area contributed by atoms with Gasteiger partial charge in [0.05, 0.1) is 12.3 Å². The van der Waals surface area contributed by atoms with Crippen molar-refractivity contribution in [3.05, 3.63) is 46.9 Å². The van der Waals surface area contributed by atoms with Crippen LogP contribution in [0.4, 0.5) is 0 Å². The Bertz CT molecular complexity index is 727. The molecule has 0 atom stereocenters. The number of hydrogen-bond acceptors (Lipinski definition) is 6. The number of aromatic amines is 1. The lowest BCUT2D eigenvalue weighted by atomic mass is 10.3. The van der Waals surface area contributed by atoms with Gasteiger partial charge in [-0.1, -0.05) is 17.8 Å². The van der Waals surface area contributed by atoms with Gasteiger partial charge in [0.2, 0.25) is 11.1 Å². The van der Waals surface area contributed by atoms with Crippen LogP contribution in [0.3, 0.4) is 0 Å². The molecule has 22 heavy (non-hydrogen) atoms. The molecule has 3 aromatic rings. The van der Waals surface area contributed by atoms with Gasteiger partial charge in [-0.3, -0.25) is 14.9 Å². The van der Waals surface area contributed by atoms with Crippen molar-refractivity contribution in [1.29, 1.82) is 0 Å². The molecule has 0 aromatic carbocycles. The fraction of sp³-hybridized carbons (Fsp3) is 0.143. The molecule has 3 heterocycles. The normalized spacial score (nSPS) is 10.5. The van der Waals surface area contributed by atoms with E-state index in [0.717, 1.165) is 10.4 Å². The molecular formula is C14H13N5OS2. The van der Waals surface area contributed by atoms with E-state index in [1.165, 1.54) is 11.8 Å². The summed E-state index contributed by atoms with van der Waals surface area (Å²) in [5.41, 5.74) is 0.913. The number of pyridine rings is 1. The second kappa shape index (κ2) is 7.19. The second-order valence-electron chi connectivity index (χ2n) is 4.35. The monoisotopic (exact) mass is 331 g/mol. The molecule has 0 radical (unpaired) electrons. The van der Waals surface area contributed by atoms with E-state index in [4.69, 9.17) is 0 Å². The molecule has 3 rings (SSSR count). The molecule has 3 aromatic heterocycles. The highest BCUT2D eigenvalue weighted by atomic mass is 32.2. The number of thioether (sulfide) groups is 1. The lowest BCUT2D eigenvalue weighted by Crippen LogP contribution is -2.24. The summed E-state index contributed by atoms with van der Waals surface area (Å²) in [4.78, 5) is 21.2. The van der Waals surface area contributed by atoms with Gasteiger partial charge < -0.3 is 5.32 Å². The first-order valence-corrected chi connectivity index (χ1v) is 8.42. The average molecular weight is 331 g/mol. The van der Waals surface area contributed by atoms with E-state index in [2.05, 4.69) is 25.5 Å². The van der Waals surface area contributed by atoms with Gasteiger partial charge in [-0.15, -0.1) is 16.4 Å². The van der Waals surface area contributed by atoms with Gasteiger partial charge in [0.25, 0.3) is 0 Å². The number of carbonyl (C=O) groups is 1. The standard InChI is InChI=1S/C14H13N5OS2/c20-12(16-8-11-2-1-7-21-11)9-22-14-17-13(18-19-14)10-3-5-15-6-4-10/h1-7H,8-9H2,(H,16,20)(H,17,18,19). The van der Waals surface area contributed by atoms with Crippen molar-refractivity contribution in [1.82, 2.24) is 25.5 Å². The fourth-order valence-corrected chi connectivity index (χ4v) is 3.00. The number of aromatic nitrogens is 4. The summed E-state index contributed by atoms with van der Waals surface area (Å²) in [5.74, 6) is 0.927. The van der Waals surface area contributed by atoms with Crippen LogP contribution in [0.1, 0.15) is 4.88 Å². The molecule has 0 bridgehead atoms. The van der Waals surface area contributed by atoms with Crippen LogP contribution in [0.5, 0.6) is 0 Å². The number of H-pyrrole nitrogens is 1. The molecule has 2 N–H and O–H groups in total. The van der Waals surface area contributed by atoms with Crippen LogP contribution in [0.15, 0.2) is 47.2 Å². The summed E-state index contributed by atoms with van der Waals surface area (Å²) in [5, 5.41) is 12.4. The lowest BCUT2D eigenvalue weighted by molar-refractivity contribution is -0.118. The number of amides is 1. The summed E-state index contributed by atoms with van der Waals surface area (Å²) in [7, 11) is 0. The van der Waals surface area contributed by atoms with Crippen LogP contribution in [-0.2, 0) is 11.3 Å². The van der Waals surface area contributed by atoms with E-state index in [1.807, 2.05) is 29.6 Å². The first-order valence-electron chi connectivity index (χ1n) is 6.56. The van der Waals surface area contributed by atoms with Crippen LogP contribution in [0, 0.1) is 0 Å². The Morgan fingerprint density at radius 1 is 1.32 bits per heavy atom. The quantitative estimate of drug-likeness (QED) is 0.677. The first kappa shape index (κ1) is 14.7. The summed E-state index contributed by atoms with van der Waals surface area (Å²) in [6.07, 6.45) is 3.39. The molecule has 1 amide bonds. The van der Waals surface area contributed by atoms with Crippen molar-refractivity contribution in [2.45, 2.75) is 11.7 Å². The van der Waals surface area contributed by atoms with E-state index >= 15 is 0 Å². The maximum absolute atomic E-state index is 11.8. The van der Waals surface area contributed by atoms with Gasteiger partial charge in [-0.25, -0.2) is 4.98 Å². The molecular weight excluding hydrogens is 318 g/mol. The summed E-state index contributed by atoms with van der Waals surface area (Å²) < 4.78 is 0. The maximum Gasteiger partial charge on any atom is 0.230 e. The highest BCUT2D eigenvalue weighted by Gasteiger charge is 2.09. The van der Waals surface area contributed by atoms with Crippen LogP contribution in [0.2, 0.25) is 0 Å². The average Bonchev–Trinajstić information content (AvgIpc) is 3.23. The predicted octanol–water partition coefficient (Wildman–Crippen LogP) is 2.34. The Labute approximate surface area is 135 Å². The van der Waals surface area contributed by atoms with E-state index < -0.39 is 0 Å². The lowest BCUT2D eigenvalue weighted by Gasteiger charge is -2.01. The van der Waals surface area contributed by atoms with Crippen molar-refractivity contribution in [2.75, 3.05) is 5.75 Å². The van der Waals surface area contributed by atoms with Crippen LogP contribution in [0.25, 0.3) is 11.4 Å². The minimum absolute atomic E-state index is 0.0336. The zero-order chi connectivity index (χ0) is 15.2. The van der Waals surface area contributed by atoms with Gasteiger partial charge in [-0.2, -0.15) is 0 Å². The SMILES string of the molecule is O=C(CSc1n[nH]c(-c2ccncc2)n1)NCc1cccs1. The van der Waals surface area contributed by atoms with Crippen molar-refractivity contribution < 1.29 is 4.79 Å². The van der Waals surface area contributed by atoms with E-state index in [9.17, 15) is 4.79 Å². The molecule has 0 aliphatic heterocycles. The smallest absolute Gasteiger partial charge is 0.230 e. The minimum Gasteiger partial charge on any atom is -0.350 e. The highest BCUT2D eigenvalue weighted by molar-refractivity contribution is 7.99. The van der Waals surface area contributed by atoms with Gasteiger partial charge >= 0.3 is 0 Å². The van der Waals surface area contributed by atoms with Crippen LogP contribution >= 0.6 is 23.1 Å². The van der Waals surface area contributed by atoms with E-state index in [0.29, 0.717) is 23.3 Å². The molecule has 0 aliphatic rings. The van der Waals surface area contributed by atoms with Crippen molar-refractivity contribution >= 4 is 29.0 Å². The van der Waals surface area contributed by atoms with Crippen molar-refractivity contribution in [3.63, 3.8) is 0 Å². The molecule has 0 aliphatic carbocycles. The Balaban J connectivity index is 1.49. The highest BCUT2D eigenvalue weighted by Crippen LogP contribution is 2.18. The first-order chi connectivity index (χ1) is 10.8. The Morgan fingerprint density at radius 2 is 2.18 bits per heavy atom. The Morgan fingerprint density at radius 3 is 2.95 bits per heavy atom. The summed E-state index contributed by atoms with van der Waals surface area (Å²) in [6.45, 7) is 0.563. The molecule has 112 valence electrons. The number of carbonyl (C=O) groups excluding carboxylic acids is 1. The molecule has 6 nitrogen and oxygen atoms in total. The Kier molecular flexibility index (Phi) is 4.81. The zero-order valence-electron chi connectivity index (χ0n) is 11.5. The molecule has 0 unspecified atom stereocenters. The topological polar surface area (TPSA) is 83.6 Å². The largest absolute Gasteiger partial charge is 0.350 e. The molecule has 0 fully saturated rings. The third-order valence-corrected chi connectivity index (χ3v) is 4.51. The fourth-order valence-electron chi connectivity index (χ4n) is 1.73. The van der Waals surface area contributed by atoms with E-state index in [1.54, 1.807) is 23.7 Å². The number of nitrogens with zero attached hydrogens (tertiary/aromatic N) is 3. The zero-order valence-corrected chi connectivity index (χ0v) is 13.2. The number of hydrogen-bond donors (Lipinski definition) is 2. The van der Waals surface area contributed by atoms with Crippen molar-refractivity contribution in [2.24, 2.45) is 0 Å². The van der Waals surface area contributed by atoms with Gasteiger partial charge in [0.15, 0.2) is 5.82 Å². The third-order valence-electron chi connectivity index (χ3n) is 2.79.